The minimum atomic E-state index is -0.227. The van der Waals surface area contributed by atoms with Crippen molar-refractivity contribution in [2.45, 2.75) is 0 Å². The highest BCUT2D eigenvalue weighted by Gasteiger charge is 2.16. The van der Waals surface area contributed by atoms with Gasteiger partial charge in [-0.2, -0.15) is 0 Å². The van der Waals surface area contributed by atoms with Crippen molar-refractivity contribution < 1.29 is 14.3 Å². The van der Waals surface area contributed by atoms with Crippen LogP contribution >= 0.6 is 11.3 Å². The summed E-state index contributed by atoms with van der Waals surface area (Å²) < 4.78 is 10.6. The van der Waals surface area contributed by atoms with Gasteiger partial charge in [0.25, 0.3) is 5.91 Å². The predicted octanol–water partition coefficient (Wildman–Crippen LogP) is 3.83. The molecule has 0 bridgehead atoms. The van der Waals surface area contributed by atoms with E-state index in [1.165, 1.54) is 17.0 Å². The number of hydrogen-bond donors (Lipinski definition) is 1. The van der Waals surface area contributed by atoms with Crippen molar-refractivity contribution >= 4 is 28.6 Å². The van der Waals surface area contributed by atoms with E-state index in [9.17, 15) is 4.79 Å². The molecule has 31 heavy (non-hydrogen) atoms. The summed E-state index contributed by atoms with van der Waals surface area (Å²) in [6, 6.07) is 13.6. The quantitative estimate of drug-likeness (QED) is 0.631. The smallest absolute Gasteiger partial charge is 0.275 e. The van der Waals surface area contributed by atoms with Gasteiger partial charge in [0.2, 0.25) is 0 Å². The van der Waals surface area contributed by atoms with Crippen LogP contribution in [0.5, 0.6) is 11.5 Å². The number of hydrogen-bond acceptors (Lipinski definition) is 7. The van der Waals surface area contributed by atoms with Gasteiger partial charge in [0.1, 0.15) is 10.7 Å². The number of methoxy groups -OCH3 is 2. The summed E-state index contributed by atoms with van der Waals surface area (Å²) >= 11 is 1.42. The number of amides is 1. The number of carbonyl (C=O) groups is 1. The maximum absolute atomic E-state index is 12.7. The average molecular weight is 439 g/mol. The van der Waals surface area contributed by atoms with Gasteiger partial charge >= 0.3 is 0 Å². The molecule has 1 saturated heterocycles. The molecule has 0 unspecified atom stereocenters. The Morgan fingerprint density at radius 3 is 2.39 bits per heavy atom. The van der Waals surface area contributed by atoms with Crippen LogP contribution in [-0.4, -0.2) is 63.2 Å². The molecule has 2 heterocycles. The first-order chi connectivity index (χ1) is 15.1. The summed E-state index contributed by atoms with van der Waals surface area (Å²) in [5.74, 6) is 1.05. The van der Waals surface area contributed by atoms with E-state index in [0.717, 1.165) is 42.4 Å². The second-order valence-electron chi connectivity index (χ2n) is 7.40. The number of nitrogens with one attached hydrogen (secondary N) is 1. The van der Waals surface area contributed by atoms with Crippen LogP contribution in [-0.2, 0) is 0 Å². The van der Waals surface area contributed by atoms with E-state index in [1.807, 2.05) is 30.3 Å². The predicted molar refractivity (Wildman–Crippen MR) is 125 cm³/mol. The molecule has 1 amide bonds. The summed E-state index contributed by atoms with van der Waals surface area (Å²) in [7, 11) is 5.34. The van der Waals surface area contributed by atoms with Crippen LogP contribution in [0.2, 0.25) is 0 Å². The SMILES string of the molecule is COc1ccc(-c2nc(C(=O)Nc3ccc(N4CCN(C)CC4)cc3)cs2)cc1OC. The maximum atomic E-state index is 12.7. The summed E-state index contributed by atoms with van der Waals surface area (Å²) in [6.45, 7) is 4.15. The lowest BCUT2D eigenvalue weighted by molar-refractivity contribution is 0.102. The third kappa shape index (κ3) is 4.81. The third-order valence-electron chi connectivity index (χ3n) is 5.36. The molecule has 8 heteroatoms. The van der Waals surface area contributed by atoms with E-state index in [1.54, 1.807) is 19.6 Å². The van der Waals surface area contributed by atoms with Crippen molar-refractivity contribution in [1.82, 2.24) is 9.88 Å². The van der Waals surface area contributed by atoms with Gasteiger partial charge in [-0.3, -0.25) is 4.79 Å². The summed E-state index contributed by atoms with van der Waals surface area (Å²) in [4.78, 5) is 21.9. The Morgan fingerprint density at radius 2 is 1.71 bits per heavy atom. The molecule has 1 aliphatic rings. The molecule has 2 aromatic carbocycles. The zero-order chi connectivity index (χ0) is 21.8. The lowest BCUT2D eigenvalue weighted by Gasteiger charge is -2.34. The number of ether oxygens (including phenoxy) is 2. The fourth-order valence-corrected chi connectivity index (χ4v) is 4.29. The van der Waals surface area contributed by atoms with Crippen molar-refractivity contribution in [3.05, 3.63) is 53.5 Å². The summed E-state index contributed by atoms with van der Waals surface area (Å²) in [5, 5.41) is 5.45. The molecule has 0 spiro atoms. The van der Waals surface area contributed by atoms with Gasteiger partial charge in [-0.25, -0.2) is 4.98 Å². The molecular formula is C23H26N4O3S. The van der Waals surface area contributed by atoms with E-state index in [4.69, 9.17) is 9.47 Å². The van der Waals surface area contributed by atoms with Crippen LogP contribution in [0.15, 0.2) is 47.8 Å². The molecule has 0 saturated carbocycles. The van der Waals surface area contributed by atoms with Crippen LogP contribution in [0.4, 0.5) is 11.4 Å². The lowest BCUT2D eigenvalue weighted by atomic mass is 10.2. The van der Waals surface area contributed by atoms with Gasteiger partial charge in [0.05, 0.1) is 14.2 Å². The van der Waals surface area contributed by atoms with Crippen molar-refractivity contribution in [2.24, 2.45) is 0 Å². The van der Waals surface area contributed by atoms with Crippen LogP contribution in [0.1, 0.15) is 10.5 Å². The Bertz CT molecular complexity index is 1040. The van der Waals surface area contributed by atoms with Gasteiger partial charge < -0.3 is 24.6 Å². The van der Waals surface area contributed by atoms with Crippen LogP contribution in [0, 0.1) is 0 Å². The summed E-state index contributed by atoms with van der Waals surface area (Å²) in [5.41, 5.74) is 3.19. The van der Waals surface area contributed by atoms with E-state index in [0.29, 0.717) is 17.2 Å². The molecule has 3 aromatic rings. The Hall–Kier alpha value is -3.10. The Morgan fingerprint density at radius 1 is 1.00 bits per heavy atom. The normalized spacial score (nSPS) is 14.4. The van der Waals surface area contributed by atoms with Gasteiger partial charge in [0.15, 0.2) is 11.5 Å². The Kier molecular flexibility index (Phi) is 6.39. The molecule has 1 aliphatic heterocycles. The van der Waals surface area contributed by atoms with Gasteiger partial charge in [0, 0.05) is 48.5 Å². The van der Waals surface area contributed by atoms with E-state index in [-0.39, 0.29) is 5.91 Å². The molecule has 1 N–H and O–H groups in total. The highest BCUT2D eigenvalue weighted by atomic mass is 32.1. The van der Waals surface area contributed by atoms with Crippen LogP contribution in [0.25, 0.3) is 10.6 Å². The van der Waals surface area contributed by atoms with Crippen LogP contribution < -0.4 is 19.7 Å². The Balaban J connectivity index is 1.42. The second kappa shape index (κ2) is 9.36. The number of benzene rings is 2. The van der Waals surface area contributed by atoms with E-state index in [2.05, 4.69) is 39.3 Å². The number of thiazole rings is 1. The van der Waals surface area contributed by atoms with Gasteiger partial charge in [-0.15, -0.1) is 11.3 Å². The number of piperazine rings is 1. The standard InChI is InChI=1S/C23H26N4O3S/c1-26-10-12-27(13-11-26)18-7-5-17(6-8-18)24-22(28)19-15-31-23(25-19)16-4-9-20(29-2)21(14-16)30-3/h4-9,14-15H,10-13H2,1-3H3,(H,24,28). The van der Waals surface area contributed by atoms with E-state index < -0.39 is 0 Å². The number of anilines is 2. The first kappa shape index (κ1) is 21.1. The molecule has 1 aromatic heterocycles. The first-order valence-electron chi connectivity index (χ1n) is 10.1. The molecule has 1 fully saturated rings. The molecule has 162 valence electrons. The molecular weight excluding hydrogens is 412 g/mol. The lowest BCUT2D eigenvalue weighted by Crippen LogP contribution is -2.44. The number of aromatic nitrogens is 1. The molecule has 7 nitrogen and oxygen atoms in total. The van der Waals surface area contributed by atoms with Crippen molar-refractivity contribution in [3.63, 3.8) is 0 Å². The molecule has 0 radical (unpaired) electrons. The zero-order valence-electron chi connectivity index (χ0n) is 17.9. The fraction of sp³-hybridized carbons (Fsp3) is 0.304. The highest BCUT2D eigenvalue weighted by molar-refractivity contribution is 7.13. The minimum Gasteiger partial charge on any atom is -0.493 e. The maximum Gasteiger partial charge on any atom is 0.275 e. The molecule has 4 rings (SSSR count). The topological polar surface area (TPSA) is 66.9 Å². The number of nitrogens with zero attached hydrogens (tertiary/aromatic N) is 3. The van der Waals surface area contributed by atoms with Gasteiger partial charge in [-0.05, 0) is 49.5 Å². The Labute approximate surface area is 186 Å². The average Bonchev–Trinajstić information content (AvgIpc) is 3.30. The third-order valence-corrected chi connectivity index (χ3v) is 6.25. The number of rotatable bonds is 6. The monoisotopic (exact) mass is 438 g/mol. The molecule has 0 atom stereocenters. The summed E-state index contributed by atoms with van der Waals surface area (Å²) in [6.07, 6.45) is 0. The first-order valence-corrected chi connectivity index (χ1v) is 11.0. The number of carbonyl (C=O) groups excluding carboxylic acids is 1. The second-order valence-corrected chi connectivity index (χ2v) is 8.26. The zero-order valence-corrected chi connectivity index (χ0v) is 18.7. The van der Waals surface area contributed by atoms with Crippen molar-refractivity contribution in [1.29, 1.82) is 0 Å². The minimum absolute atomic E-state index is 0.227. The largest absolute Gasteiger partial charge is 0.493 e. The van der Waals surface area contributed by atoms with Crippen molar-refractivity contribution in [3.8, 4) is 22.1 Å². The fourth-order valence-electron chi connectivity index (χ4n) is 3.50. The van der Waals surface area contributed by atoms with Gasteiger partial charge in [-0.1, -0.05) is 0 Å². The molecule has 0 aliphatic carbocycles. The highest BCUT2D eigenvalue weighted by Crippen LogP contribution is 2.33. The van der Waals surface area contributed by atoms with E-state index >= 15 is 0 Å². The number of likely N-dealkylation sites (N-methyl/N-ethyl adjacent to an activating group) is 1. The van der Waals surface area contributed by atoms with Crippen molar-refractivity contribution in [2.75, 3.05) is 57.7 Å². The van der Waals surface area contributed by atoms with Crippen LogP contribution in [0.3, 0.4) is 0 Å².